The Labute approximate surface area is 109 Å². The molecule has 0 aliphatic carbocycles. The van der Waals surface area contributed by atoms with Crippen LogP contribution in [0, 0.1) is 0 Å². The Morgan fingerprint density at radius 2 is 2.27 bits per heavy atom. The van der Waals surface area contributed by atoms with Gasteiger partial charge in [0, 0.05) is 10.4 Å². The molecule has 0 unspecified atom stereocenters. The van der Waals surface area contributed by atoms with E-state index in [-0.39, 0.29) is 0 Å². The van der Waals surface area contributed by atoms with Crippen LogP contribution >= 0.6 is 39.3 Å². The maximum absolute atomic E-state index is 5.80. The van der Waals surface area contributed by atoms with Gasteiger partial charge in [0.15, 0.2) is 0 Å². The molecule has 1 aromatic rings. The molecular formula is C11H14BrClOS. The number of rotatable bonds is 6. The second-order valence-electron chi connectivity index (χ2n) is 3.08. The second-order valence-corrected chi connectivity index (χ2v) is 5.19. The Morgan fingerprint density at radius 1 is 1.47 bits per heavy atom. The van der Waals surface area contributed by atoms with E-state index in [9.17, 15) is 0 Å². The Hall–Kier alpha value is 0.140. The summed E-state index contributed by atoms with van der Waals surface area (Å²) in [4.78, 5) is 0. The zero-order valence-corrected chi connectivity index (χ0v) is 11.8. The molecule has 0 aliphatic rings. The third-order valence-electron chi connectivity index (χ3n) is 1.92. The second kappa shape index (κ2) is 7.42. The monoisotopic (exact) mass is 308 g/mol. The van der Waals surface area contributed by atoms with Gasteiger partial charge in [-0.2, -0.15) is 11.8 Å². The highest BCUT2D eigenvalue weighted by atomic mass is 79.9. The van der Waals surface area contributed by atoms with Crippen molar-refractivity contribution < 1.29 is 4.74 Å². The molecular weight excluding hydrogens is 296 g/mol. The summed E-state index contributed by atoms with van der Waals surface area (Å²) in [5.74, 6) is 2.54. The maximum atomic E-state index is 5.80. The van der Waals surface area contributed by atoms with Gasteiger partial charge in [-0.15, -0.1) is 11.6 Å². The van der Waals surface area contributed by atoms with Crippen molar-refractivity contribution in [1.29, 1.82) is 0 Å². The van der Waals surface area contributed by atoms with E-state index in [1.807, 2.05) is 30.0 Å². The number of halogens is 2. The number of hydrogen-bond donors (Lipinski definition) is 0. The van der Waals surface area contributed by atoms with Crippen molar-refractivity contribution in [2.24, 2.45) is 0 Å². The summed E-state index contributed by atoms with van der Waals surface area (Å²) in [6.07, 6.45) is 3.18. The smallest absolute Gasteiger partial charge is 0.119 e. The lowest BCUT2D eigenvalue weighted by Gasteiger charge is -2.07. The predicted octanol–water partition coefficient (Wildman–Crippen LogP) is 4.32. The fourth-order valence-electron chi connectivity index (χ4n) is 1.14. The van der Waals surface area contributed by atoms with Gasteiger partial charge in [-0.3, -0.25) is 0 Å². The first kappa shape index (κ1) is 13.2. The molecule has 0 fully saturated rings. The van der Waals surface area contributed by atoms with Crippen molar-refractivity contribution in [1.82, 2.24) is 0 Å². The molecule has 0 saturated carbocycles. The number of benzene rings is 1. The third-order valence-corrected chi connectivity index (χ3v) is 3.68. The van der Waals surface area contributed by atoms with Crippen LogP contribution < -0.4 is 4.74 Å². The highest BCUT2D eigenvalue weighted by Crippen LogP contribution is 2.24. The van der Waals surface area contributed by atoms with Gasteiger partial charge in [-0.25, -0.2) is 0 Å². The van der Waals surface area contributed by atoms with E-state index in [1.54, 1.807) is 0 Å². The summed E-state index contributed by atoms with van der Waals surface area (Å²) in [6, 6.07) is 5.91. The Bertz CT molecular complexity index is 307. The van der Waals surface area contributed by atoms with E-state index in [0.717, 1.165) is 34.6 Å². The number of thioether (sulfide) groups is 1. The molecule has 1 aromatic carbocycles. The van der Waals surface area contributed by atoms with Crippen molar-refractivity contribution in [3.63, 3.8) is 0 Å². The maximum Gasteiger partial charge on any atom is 0.119 e. The van der Waals surface area contributed by atoms with Crippen molar-refractivity contribution in [3.8, 4) is 5.75 Å². The highest BCUT2D eigenvalue weighted by molar-refractivity contribution is 9.10. The van der Waals surface area contributed by atoms with Crippen molar-refractivity contribution in [2.45, 2.75) is 12.3 Å². The molecule has 0 aromatic heterocycles. The minimum Gasteiger partial charge on any atom is -0.494 e. The highest BCUT2D eigenvalue weighted by Gasteiger charge is 2.01. The quantitative estimate of drug-likeness (QED) is 0.572. The third kappa shape index (κ3) is 4.66. The van der Waals surface area contributed by atoms with E-state index in [2.05, 4.69) is 22.2 Å². The average Bonchev–Trinajstić information content (AvgIpc) is 2.26. The first-order valence-electron chi connectivity index (χ1n) is 4.74. The lowest BCUT2D eigenvalue weighted by Crippen LogP contribution is -1.99. The first-order valence-corrected chi connectivity index (χ1v) is 7.46. The minimum atomic E-state index is 0.503. The van der Waals surface area contributed by atoms with Gasteiger partial charge in [0.2, 0.25) is 0 Å². The first-order chi connectivity index (χ1) is 7.27. The number of hydrogen-bond acceptors (Lipinski definition) is 2. The van der Waals surface area contributed by atoms with Gasteiger partial charge in [0.05, 0.1) is 6.61 Å². The molecule has 15 heavy (non-hydrogen) atoms. The molecule has 0 heterocycles. The van der Waals surface area contributed by atoms with Crippen molar-refractivity contribution >= 4 is 39.3 Å². The van der Waals surface area contributed by atoms with Crippen LogP contribution in [0.5, 0.6) is 5.75 Å². The summed E-state index contributed by atoms with van der Waals surface area (Å²) >= 11 is 11.1. The summed E-state index contributed by atoms with van der Waals surface area (Å²) in [6.45, 7) is 0.768. The van der Waals surface area contributed by atoms with E-state index < -0.39 is 0 Å². The van der Waals surface area contributed by atoms with Gasteiger partial charge < -0.3 is 4.74 Å². The van der Waals surface area contributed by atoms with Crippen LogP contribution in [0.25, 0.3) is 0 Å². The lowest BCUT2D eigenvalue weighted by molar-refractivity contribution is 0.318. The SMILES string of the molecule is CSCCCOc1ccc(Br)c(CCl)c1. The van der Waals surface area contributed by atoms with Gasteiger partial charge in [0.1, 0.15) is 5.75 Å². The number of alkyl halides is 1. The minimum absolute atomic E-state index is 0.503. The molecule has 0 N–H and O–H groups in total. The largest absolute Gasteiger partial charge is 0.494 e. The molecule has 1 nitrogen and oxygen atoms in total. The topological polar surface area (TPSA) is 9.23 Å². The summed E-state index contributed by atoms with van der Waals surface area (Å²) in [5, 5.41) is 0. The molecule has 4 heteroatoms. The lowest BCUT2D eigenvalue weighted by atomic mass is 10.2. The van der Waals surface area contributed by atoms with Crippen LogP contribution in [0.1, 0.15) is 12.0 Å². The van der Waals surface area contributed by atoms with Crippen LogP contribution in [0.4, 0.5) is 0 Å². The van der Waals surface area contributed by atoms with Gasteiger partial charge >= 0.3 is 0 Å². The van der Waals surface area contributed by atoms with Crippen LogP contribution in [0.15, 0.2) is 22.7 Å². The van der Waals surface area contributed by atoms with Crippen LogP contribution in [-0.2, 0) is 5.88 Å². The van der Waals surface area contributed by atoms with E-state index >= 15 is 0 Å². The summed E-state index contributed by atoms with van der Waals surface area (Å²) in [5.41, 5.74) is 1.07. The Kier molecular flexibility index (Phi) is 6.53. The normalized spacial score (nSPS) is 10.3. The molecule has 1 rings (SSSR count). The van der Waals surface area contributed by atoms with Crippen LogP contribution in [-0.4, -0.2) is 18.6 Å². The fraction of sp³-hybridized carbons (Fsp3) is 0.455. The van der Waals surface area contributed by atoms with Gasteiger partial charge in [-0.05, 0) is 42.2 Å². The molecule has 0 amide bonds. The molecule has 84 valence electrons. The predicted molar refractivity (Wildman–Crippen MR) is 72.2 cm³/mol. The molecule has 0 aliphatic heterocycles. The van der Waals surface area contributed by atoms with E-state index in [4.69, 9.17) is 16.3 Å². The molecule has 0 radical (unpaired) electrons. The average molecular weight is 310 g/mol. The zero-order chi connectivity index (χ0) is 11.1. The van der Waals surface area contributed by atoms with E-state index in [0.29, 0.717) is 5.88 Å². The van der Waals surface area contributed by atoms with Crippen molar-refractivity contribution in [2.75, 3.05) is 18.6 Å². The van der Waals surface area contributed by atoms with Crippen LogP contribution in [0.3, 0.4) is 0 Å². The van der Waals surface area contributed by atoms with Crippen molar-refractivity contribution in [3.05, 3.63) is 28.2 Å². The van der Waals surface area contributed by atoms with Gasteiger partial charge in [-0.1, -0.05) is 15.9 Å². The van der Waals surface area contributed by atoms with E-state index in [1.165, 1.54) is 0 Å². The Morgan fingerprint density at radius 3 is 2.93 bits per heavy atom. The summed E-state index contributed by atoms with van der Waals surface area (Å²) in [7, 11) is 0. The molecule has 0 saturated heterocycles. The van der Waals surface area contributed by atoms with Crippen LogP contribution in [0.2, 0.25) is 0 Å². The number of ether oxygens (including phenoxy) is 1. The Balaban J connectivity index is 2.47. The fourth-order valence-corrected chi connectivity index (χ4v) is 2.31. The summed E-state index contributed by atoms with van der Waals surface area (Å²) < 4.78 is 6.65. The molecule has 0 bridgehead atoms. The standard InChI is InChI=1S/C11H14BrClOS/c1-15-6-2-5-14-10-3-4-11(12)9(7-10)8-13/h3-4,7H,2,5-6,8H2,1H3. The zero-order valence-electron chi connectivity index (χ0n) is 8.63. The van der Waals surface area contributed by atoms with Gasteiger partial charge in [0.25, 0.3) is 0 Å². The molecule has 0 atom stereocenters. The molecule has 0 spiro atoms.